The fourth-order valence-corrected chi connectivity index (χ4v) is 3.21. The Morgan fingerprint density at radius 2 is 1.12 bits per heavy atom. The highest BCUT2D eigenvalue weighted by Crippen LogP contribution is 2.29. The highest BCUT2D eigenvalue weighted by atomic mass is 16.6. The van der Waals surface area contributed by atoms with Crippen LogP contribution < -0.4 is 14.2 Å². The predicted molar refractivity (Wildman–Crippen MR) is 120 cm³/mol. The number of rotatable bonds is 9. The minimum atomic E-state index is -2.90. The summed E-state index contributed by atoms with van der Waals surface area (Å²) in [5.41, 5.74) is -2.90. The number of hydrogen-bond acceptors (Lipinski definition) is 8. The van der Waals surface area contributed by atoms with Gasteiger partial charge in [-0.25, -0.2) is 4.79 Å². The van der Waals surface area contributed by atoms with Crippen molar-refractivity contribution in [2.75, 3.05) is 0 Å². The molecule has 2 unspecified atom stereocenters. The van der Waals surface area contributed by atoms with Crippen LogP contribution in [0.3, 0.4) is 0 Å². The van der Waals surface area contributed by atoms with E-state index in [0.717, 1.165) is 6.92 Å². The van der Waals surface area contributed by atoms with Gasteiger partial charge in [-0.1, -0.05) is 54.6 Å². The van der Waals surface area contributed by atoms with Crippen LogP contribution in [0.1, 0.15) is 13.3 Å². The number of ether oxygens (including phenoxy) is 3. The molecule has 34 heavy (non-hydrogen) atoms. The molecule has 3 rings (SSSR count). The summed E-state index contributed by atoms with van der Waals surface area (Å²) in [5.74, 6) is -6.35. The van der Waals surface area contributed by atoms with Crippen molar-refractivity contribution < 1.29 is 38.5 Å². The van der Waals surface area contributed by atoms with Crippen LogP contribution in [0.15, 0.2) is 91.0 Å². The normalized spacial score (nSPS) is 13.1. The van der Waals surface area contributed by atoms with Crippen LogP contribution in [0.25, 0.3) is 0 Å². The Bertz CT molecular complexity index is 1150. The Morgan fingerprint density at radius 3 is 1.56 bits per heavy atom. The number of carbonyl (C=O) groups is 4. The number of carbonyl (C=O) groups excluding carboxylic acids is 4. The second-order valence-electron chi connectivity index (χ2n) is 7.37. The van der Waals surface area contributed by atoms with Crippen LogP contribution in [0.4, 0.5) is 0 Å². The molecule has 0 fully saturated rings. The molecule has 0 saturated heterocycles. The highest BCUT2D eigenvalue weighted by molar-refractivity contribution is 6.06. The van der Waals surface area contributed by atoms with E-state index in [-0.39, 0.29) is 17.2 Å². The summed E-state index contributed by atoms with van der Waals surface area (Å²) in [7, 11) is 0. The minimum Gasteiger partial charge on any atom is -0.426 e. The SMILES string of the molecule is CC(=O)C(C(=O)Oc1ccccc1)C(O)(CC(=O)Oc1ccccc1)C(=O)Oc1ccccc1. The Hall–Kier alpha value is -4.30. The second-order valence-corrected chi connectivity index (χ2v) is 7.37. The van der Waals surface area contributed by atoms with Gasteiger partial charge in [-0.15, -0.1) is 0 Å². The van der Waals surface area contributed by atoms with Gasteiger partial charge < -0.3 is 19.3 Å². The molecule has 0 bridgehead atoms. The largest absolute Gasteiger partial charge is 0.426 e. The fraction of sp³-hybridized carbons (Fsp3) is 0.154. The quantitative estimate of drug-likeness (QED) is 0.293. The number of hydrogen-bond donors (Lipinski definition) is 1. The zero-order chi connectivity index (χ0) is 24.6. The molecule has 2 atom stereocenters. The first kappa shape index (κ1) is 24.3. The van der Waals surface area contributed by atoms with E-state index < -0.39 is 41.6 Å². The molecule has 0 spiro atoms. The van der Waals surface area contributed by atoms with Gasteiger partial charge in [0, 0.05) is 0 Å². The van der Waals surface area contributed by atoms with Crippen molar-refractivity contribution in [3.63, 3.8) is 0 Å². The second kappa shape index (κ2) is 11.0. The number of aliphatic hydroxyl groups is 1. The maximum atomic E-state index is 13.1. The first-order chi connectivity index (χ1) is 16.3. The van der Waals surface area contributed by atoms with E-state index >= 15 is 0 Å². The molecule has 0 saturated carbocycles. The van der Waals surface area contributed by atoms with Gasteiger partial charge in [0.05, 0.1) is 6.42 Å². The number of Topliss-reactive ketones (excluding diaryl/α,β-unsaturated/α-hetero) is 1. The zero-order valence-electron chi connectivity index (χ0n) is 18.2. The zero-order valence-corrected chi connectivity index (χ0v) is 18.2. The molecule has 0 radical (unpaired) electrons. The number of para-hydroxylation sites is 3. The Labute approximate surface area is 195 Å². The number of esters is 3. The third kappa shape index (κ3) is 6.14. The Kier molecular flexibility index (Phi) is 7.89. The third-order valence-electron chi connectivity index (χ3n) is 4.78. The maximum absolute atomic E-state index is 13.1. The van der Waals surface area contributed by atoms with Gasteiger partial charge in [-0.2, -0.15) is 0 Å². The van der Waals surface area contributed by atoms with Crippen LogP contribution in [0.2, 0.25) is 0 Å². The van der Waals surface area contributed by atoms with Crippen LogP contribution >= 0.6 is 0 Å². The maximum Gasteiger partial charge on any atom is 0.345 e. The van der Waals surface area contributed by atoms with Crippen molar-refractivity contribution in [1.82, 2.24) is 0 Å². The van der Waals surface area contributed by atoms with Crippen molar-refractivity contribution in [2.24, 2.45) is 5.92 Å². The molecular formula is C26H22O8. The molecule has 0 aromatic heterocycles. The van der Waals surface area contributed by atoms with E-state index in [4.69, 9.17) is 14.2 Å². The molecule has 0 aliphatic carbocycles. The number of ketones is 1. The molecule has 174 valence electrons. The monoisotopic (exact) mass is 462 g/mol. The third-order valence-corrected chi connectivity index (χ3v) is 4.78. The molecule has 3 aromatic carbocycles. The van der Waals surface area contributed by atoms with Crippen LogP contribution in [-0.2, 0) is 19.2 Å². The molecule has 0 aliphatic rings. The summed E-state index contributed by atoms with van der Waals surface area (Å²) in [6.07, 6.45) is -1.04. The average molecular weight is 462 g/mol. The van der Waals surface area contributed by atoms with Crippen molar-refractivity contribution in [3.05, 3.63) is 91.0 Å². The first-order valence-corrected chi connectivity index (χ1v) is 10.3. The van der Waals surface area contributed by atoms with Crippen LogP contribution in [-0.4, -0.2) is 34.4 Å². The van der Waals surface area contributed by atoms with Gasteiger partial charge in [0.2, 0.25) is 0 Å². The van der Waals surface area contributed by atoms with Gasteiger partial charge in [0.15, 0.2) is 11.5 Å². The first-order valence-electron chi connectivity index (χ1n) is 10.3. The van der Waals surface area contributed by atoms with Crippen LogP contribution in [0, 0.1) is 5.92 Å². The Balaban J connectivity index is 1.93. The molecule has 0 aliphatic heterocycles. The van der Waals surface area contributed by atoms with E-state index in [0.29, 0.717) is 0 Å². The molecule has 1 N–H and O–H groups in total. The minimum absolute atomic E-state index is 0.0427. The summed E-state index contributed by atoms with van der Waals surface area (Å²) in [6, 6.07) is 23.4. The van der Waals surface area contributed by atoms with Gasteiger partial charge in [-0.3, -0.25) is 14.4 Å². The lowest BCUT2D eigenvalue weighted by Crippen LogP contribution is -2.56. The van der Waals surface area contributed by atoms with E-state index in [1.165, 1.54) is 36.4 Å². The lowest BCUT2D eigenvalue weighted by atomic mass is 9.81. The van der Waals surface area contributed by atoms with E-state index in [1.54, 1.807) is 54.6 Å². The van der Waals surface area contributed by atoms with E-state index in [1.807, 2.05) is 0 Å². The summed E-state index contributed by atoms with van der Waals surface area (Å²) >= 11 is 0. The molecule has 0 amide bonds. The summed E-state index contributed by atoms with van der Waals surface area (Å²) in [4.78, 5) is 51.2. The van der Waals surface area contributed by atoms with Crippen LogP contribution in [0.5, 0.6) is 17.2 Å². The summed E-state index contributed by atoms with van der Waals surface area (Å²) in [6.45, 7) is 1.00. The summed E-state index contributed by atoms with van der Waals surface area (Å²) < 4.78 is 15.6. The van der Waals surface area contributed by atoms with Gasteiger partial charge in [0.1, 0.15) is 23.0 Å². The standard InChI is InChI=1S/C26H22O8/c1-18(27)23(24(29)33-20-13-7-3-8-14-20)26(31,25(30)34-21-15-9-4-10-16-21)17-22(28)32-19-11-5-2-6-12-19/h2-16,23,31H,17H2,1H3. The van der Waals surface area contributed by atoms with Crippen molar-refractivity contribution in [1.29, 1.82) is 0 Å². The Morgan fingerprint density at radius 1 is 0.706 bits per heavy atom. The van der Waals surface area contributed by atoms with Gasteiger partial charge >= 0.3 is 17.9 Å². The highest BCUT2D eigenvalue weighted by Gasteiger charge is 2.55. The number of benzene rings is 3. The lowest BCUT2D eigenvalue weighted by Gasteiger charge is -2.30. The van der Waals surface area contributed by atoms with Gasteiger partial charge in [-0.05, 0) is 43.3 Å². The van der Waals surface area contributed by atoms with Crippen molar-refractivity contribution >= 4 is 23.7 Å². The molecule has 8 heteroatoms. The smallest absolute Gasteiger partial charge is 0.345 e. The molecular weight excluding hydrogens is 440 g/mol. The molecule has 3 aromatic rings. The van der Waals surface area contributed by atoms with E-state index in [2.05, 4.69) is 0 Å². The summed E-state index contributed by atoms with van der Waals surface area (Å²) in [5, 5.41) is 11.4. The fourth-order valence-electron chi connectivity index (χ4n) is 3.21. The van der Waals surface area contributed by atoms with Crippen molar-refractivity contribution in [3.8, 4) is 17.2 Å². The molecule has 8 nitrogen and oxygen atoms in total. The average Bonchev–Trinajstić information content (AvgIpc) is 2.80. The predicted octanol–water partition coefficient (Wildman–Crippen LogP) is 3.13. The lowest BCUT2D eigenvalue weighted by molar-refractivity contribution is -0.177. The van der Waals surface area contributed by atoms with E-state index in [9.17, 15) is 24.3 Å². The van der Waals surface area contributed by atoms with Gasteiger partial charge in [0.25, 0.3) is 0 Å². The topological polar surface area (TPSA) is 116 Å². The molecule has 0 heterocycles. The van der Waals surface area contributed by atoms with Crippen molar-refractivity contribution in [2.45, 2.75) is 18.9 Å².